The Kier molecular flexibility index (Phi) is 5.97. The molecule has 2 heterocycles. The van der Waals surface area contributed by atoms with Gasteiger partial charge in [0.1, 0.15) is 5.75 Å². The molecule has 1 aromatic rings. The van der Waals surface area contributed by atoms with E-state index in [0.29, 0.717) is 18.9 Å². The van der Waals surface area contributed by atoms with E-state index in [1.54, 1.807) is 14.2 Å². The lowest BCUT2D eigenvalue weighted by Crippen LogP contribution is -2.47. The van der Waals surface area contributed by atoms with E-state index in [4.69, 9.17) is 9.47 Å². The first-order chi connectivity index (χ1) is 12.2. The second-order valence-corrected chi connectivity index (χ2v) is 7.24. The zero-order valence-electron chi connectivity index (χ0n) is 15.5. The van der Waals surface area contributed by atoms with Crippen molar-refractivity contribution in [2.45, 2.75) is 44.2 Å². The standard InChI is InChI=1S/C20H30N2O3/c1-24-15-14-22-19(23)8-10-20(22)9-3-12-21(13-11-20)16-17-4-6-18(25-2)7-5-17/h4-7H,3,8-16H2,1-2H3. The van der Waals surface area contributed by atoms with Crippen LogP contribution in [0.1, 0.15) is 37.7 Å². The maximum atomic E-state index is 12.3. The molecular weight excluding hydrogens is 316 g/mol. The van der Waals surface area contributed by atoms with E-state index in [-0.39, 0.29) is 5.54 Å². The number of nitrogens with zero attached hydrogens (tertiary/aromatic N) is 2. The number of carbonyl (C=O) groups is 1. The number of amides is 1. The van der Waals surface area contributed by atoms with Crippen LogP contribution in [0.15, 0.2) is 24.3 Å². The lowest BCUT2D eigenvalue weighted by molar-refractivity contribution is -0.132. The highest BCUT2D eigenvalue weighted by Crippen LogP contribution is 2.39. The van der Waals surface area contributed by atoms with Gasteiger partial charge in [0.25, 0.3) is 0 Å². The molecule has 0 bridgehead atoms. The molecule has 5 heteroatoms. The molecular formula is C20H30N2O3. The highest BCUT2D eigenvalue weighted by molar-refractivity contribution is 5.79. The molecule has 0 aromatic heterocycles. The van der Waals surface area contributed by atoms with Crippen molar-refractivity contribution in [3.05, 3.63) is 29.8 Å². The van der Waals surface area contributed by atoms with Gasteiger partial charge in [-0.05, 0) is 49.9 Å². The van der Waals surface area contributed by atoms with E-state index in [0.717, 1.165) is 57.6 Å². The van der Waals surface area contributed by atoms with E-state index in [9.17, 15) is 4.79 Å². The van der Waals surface area contributed by atoms with Crippen LogP contribution in [0.25, 0.3) is 0 Å². The average Bonchev–Trinajstić information content (AvgIpc) is 2.80. The molecule has 0 saturated carbocycles. The van der Waals surface area contributed by atoms with Crippen molar-refractivity contribution in [1.82, 2.24) is 9.80 Å². The number of hydrogen-bond donors (Lipinski definition) is 0. The van der Waals surface area contributed by atoms with Crippen molar-refractivity contribution in [2.24, 2.45) is 0 Å². The van der Waals surface area contributed by atoms with Crippen molar-refractivity contribution >= 4 is 5.91 Å². The molecule has 1 spiro atoms. The van der Waals surface area contributed by atoms with Gasteiger partial charge in [-0.2, -0.15) is 0 Å². The number of ether oxygens (including phenoxy) is 2. The van der Waals surface area contributed by atoms with Gasteiger partial charge in [-0.25, -0.2) is 0 Å². The molecule has 0 aliphatic carbocycles. The van der Waals surface area contributed by atoms with Crippen LogP contribution in [0.3, 0.4) is 0 Å². The van der Waals surface area contributed by atoms with Gasteiger partial charge in [0, 0.05) is 38.7 Å². The predicted molar refractivity (Wildman–Crippen MR) is 97.7 cm³/mol. The number of methoxy groups -OCH3 is 2. The van der Waals surface area contributed by atoms with Crippen molar-refractivity contribution in [1.29, 1.82) is 0 Å². The van der Waals surface area contributed by atoms with Gasteiger partial charge in [0.15, 0.2) is 0 Å². The summed E-state index contributed by atoms with van der Waals surface area (Å²) in [7, 11) is 3.40. The van der Waals surface area contributed by atoms with Crippen LogP contribution in [-0.2, 0) is 16.1 Å². The maximum Gasteiger partial charge on any atom is 0.223 e. The predicted octanol–water partition coefficient (Wildman–Crippen LogP) is 2.69. The Morgan fingerprint density at radius 2 is 1.88 bits per heavy atom. The zero-order chi connectivity index (χ0) is 17.7. The van der Waals surface area contributed by atoms with Gasteiger partial charge in [0.05, 0.1) is 13.7 Å². The highest BCUT2D eigenvalue weighted by Gasteiger charge is 2.45. The van der Waals surface area contributed by atoms with Crippen LogP contribution in [0, 0.1) is 0 Å². The molecule has 2 saturated heterocycles. The number of carbonyl (C=O) groups excluding carboxylic acids is 1. The fraction of sp³-hybridized carbons (Fsp3) is 0.650. The second kappa shape index (κ2) is 8.19. The van der Waals surface area contributed by atoms with Crippen molar-refractivity contribution < 1.29 is 14.3 Å². The minimum absolute atomic E-state index is 0.0598. The molecule has 1 amide bonds. The normalized spacial score (nSPS) is 24.7. The number of hydrogen-bond acceptors (Lipinski definition) is 4. The lowest BCUT2D eigenvalue weighted by atomic mass is 9.88. The molecule has 2 aliphatic rings. The van der Waals surface area contributed by atoms with Gasteiger partial charge in [-0.3, -0.25) is 9.69 Å². The largest absolute Gasteiger partial charge is 0.497 e. The summed E-state index contributed by atoms with van der Waals surface area (Å²) in [5.41, 5.74) is 1.38. The van der Waals surface area contributed by atoms with Gasteiger partial charge in [-0.1, -0.05) is 12.1 Å². The van der Waals surface area contributed by atoms with E-state index in [1.165, 1.54) is 5.56 Å². The van der Waals surface area contributed by atoms with E-state index >= 15 is 0 Å². The molecule has 0 N–H and O–H groups in total. The fourth-order valence-corrected chi connectivity index (χ4v) is 4.32. The topological polar surface area (TPSA) is 42.0 Å². The SMILES string of the molecule is COCCN1C(=O)CCC12CCCN(Cc1ccc(OC)cc1)CC2. The average molecular weight is 346 g/mol. The van der Waals surface area contributed by atoms with E-state index < -0.39 is 0 Å². The summed E-state index contributed by atoms with van der Waals surface area (Å²) in [6.07, 6.45) is 5.03. The molecule has 1 aromatic carbocycles. The third-order valence-corrected chi connectivity index (χ3v) is 5.77. The highest BCUT2D eigenvalue weighted by atomic mass is 16.5. The van der Waals surface area contributed by atoms with Gasteiger partial charge >= 0.3 is 0 Å². The molecule has 1 atom stereocenters. The number of rotatable bonds is 6. The van der Waals surface area contributed by atoms with Gasteiger partial charge < -0.3 is 14.4 Å². The van der Waals surface area contributed by atoms with E-state index in [2.05, 4.69) is 21.9 Å². The van der Waals surface area contributed by atoms with E-state index in [1.807, 2.05) is 12.1 Å². The Balaban J connectivity index is 1.62. The maximum absolute atomic E-state index is 12.3. The van der Waals surface area contributed by atoms with Gasteiger partial charge in [-0.15, -0.1) is 0 Å². The lowest BCUT2D eigenvalue weighted by Gasteiger charge is -2.38. The minimum atomic E-state index is 0.0598. The quantitative estimate of drug-likeness (QED) is 0.794. The van der Waals surface area contributed by atoms with Crippen LogP contribution < -0.4 is 4.74 Å². The Labute approximate surface area is 150 Å². The third-order valence-electron chi connectivity index (χ3n) is 5.77. The Hall–Kier alpha value is -1.59. The molecule has 1 unspecified atom stereocenters. The van der Waals surface area contributed by atoms with Crippen molar-refractivity contribution in [3.8, 4) is 5.75 Å². The second-order valence-electron chi connectivity index (χ2n) is 7.24. The minimum Gasteiger partial charge on any atom is -0.497 e. The summed E-state index contributed by atoms with van der Waals surface area (Å²) in [6.45, 7) is 4.46. The van der Waals surface area contributed by atoms with Crippen molar-refractivity contribution in [3.63, 3.8) is 0 Å². The molecule has 2 aliphatic heterocycles. The van der Waals surface area contributed by atoms with Crippen LogP contribution in [0.2, 0.25) is 0 Å². The molecule has 138 valence electrons. The first-order valence-corrected chi connectivity index (χ1v) is 9.31. The summed E-state index contributed by atoms with van der Waals surface area (Å²) in [4.78, 5) is 17.0. The Bertz CT molecular complexity index is 575. The third kappa shape index (κ3) is 4.15. The molecule has 2 fully saturated rings. The fourth-order valence-electron chi connectivity index (χ4n) is 4.32. The summed E-state index contributed by atoms with van der Waals surface area (Å²) in [5, 5.41) is 0. The summed E-state index contributed by atoms with van der Waals surface area (Å²) in [5.74, 6) is 1.21. The van der Waals surface area contributed by atoms with Crippen molar-refractivity contribution in [2.75, 3.05) is 40.5 Å². The molecule has 0 radical (unpaired) electrons. The molecule has 25 heavy (non-hydrogen) atoms. The first kappa shape index (κ1) is 18.2. The monoisotopic (exact) mass is 346 g/mol. The number of benzene rings is 1. The van der Waals surface area contributed by atoms with Crippen LogP contribution in [-0.4, -0.2) is 61.7 Å². The smallest absolute Gasteiger partial charge is 0.223 e. The summed E-state index contributed by atoms with van der Waals surface area (Å²) >= 11 is 0. The summed E-state index contributed by atoms with van der Waals surface area (Å²) < 4.78 is 10.5. The Morgan fingerprint density at radius 1 is 1.08 bits per heavy atom. The van der Waals surface area contributed by atoms with Gasteiger partial charge in [0.2, 0.25) is 5.91 Å². The van der Waals surface area contributed by atoms with Crippen LogP contribution in [0.4, 0.5) is 0 Å². The van der Waals surface area contributed by atoms with Crippen LogP contribution in [0.5, 0.6) is 5.75 Å². The first-order valence-electron chi connectivity index (χ1n) is 9.31. The number of likely N-dealkylation sites (tertiary alicyclic amines) is 2. The summed E-state index contributed by atoms with van der Waals surface area (Å²) in [6, 6.07) is 8.33. The molecule has 5 nitrogen and oxygen atoms in total. The zero-order valence-corrected chi connectivity index (χ0v) is 15.5. The molecule has 3 rings (SSSR count). The Morgan fingerprint density at radius 3 is 2.60 bits per heavy atom. The van der Waals surface area contributed by atoms with Crippen LogP contribution >= 0.6 is 0 Å².